The molecule has 3 heterocycles. The van der Waals surface area contributed by atoms with E-state index in [0.29, 0.717) is 17.2 Å². The van der Waals surface area contributed by atoms with Crippen molar-refractivity contribution in [1.82, 2.24) is 14.7 Å². The number of amides is 1. The number of ether oxygens (including phenoxy) is 1. The molecule has 2 aliphatic heterocycles. The summed E-state index contributed by atoms with van der Waals surface area (Å²) < 4.78 is 7.82. The van der Waals surface area contributed by atoms with Gasteiger partial charge in [-0.3, -0.25) is 4.79 Å². The fourth-order valence-corrected chi connectivity index (χ4v) is 4.36. The molecular weight excluding hydrogens is 366 g/mol. The third-order valence-electron chi connectivity index (χ3n) is 5.70. The number of fused-ring (bicyclic) bond motifs is 3. The molecule has 2 atom stereocenters. The number of nitrogens with two attached hydrogens (primary N) is 1. The first-order valence-corrected chi connectivity index (χ1v) is 9.78. The quantitative estimate of drug-likeness (QED) is 0.717. The van der Waals surface area contributed by atoms with E-state index in [1.807, 2.05) is 59.3 Å². The average molecular weight is 389 g/mol. The topological polar surface area (TPSA) is 85.4 Å². The smallest absolute Gasteiger partial charge is 0.254 e. The van der Waals surface area contributed by atoms with Gasteiger partial charge in [0.25, 0.3) is 5.91 Å². The number of hydrogen-bond acceptors (Lipinski definition) is 5. The van der Waals surface area contributed by atoms with Crippen LogP contribution in [0, 0.1) is 5.92 Å². The maximum Gasteiger partial charge on any atom is 0.254 e. The van der Waals surface area contributed by atoms with Gasteiger partial charge in [-0.05, 0) is 43.4 Å². The van der Waals surface area contributed by atoms with Crippen LogP contribution in [-0.2, 0) is 0 Å². The van der Waals surface area contributed by atoms with Gasteiger partial charge in [0.05, 0.1) is 6.04 Å². The van der Waals surface area contributed by atoms with Crippen molar-refractivity contribution in [1.29, 1.82) is 0 Å². The van der Waals surface area contributed by atoms with Crippen molar-refractivity contribution >= 4 is 11.7 Å². The Labute approximate surface area is 169 Å². The summed E-state index contributed by atoms with van der Waals surface area (Å²) in [5.74, 6) is 2.23. The SMILES string of the molecule is CN1CC2CNc3c(C(N)=O)c(-c4ccc(Oc5ccccc5)cc4)nn3C2C1. The summed E-state index contributed by atoms with van der Waals surface area (Å²) in [5, 5.41) is 8.21. The van der Waals surface area contributed by atoms with Gasteiger partial charge < -0.3 is 20.7 Å². The monoisotopic (exact) mass is 389 g/mol. The molecule has 7 heteroatoms. The Morgan fingerprint density at radius 1 is 1.10 bits per heavy atom. The average Bonchev–Trinajstić information content (AvgIpc) is 3.29. The Balaban J connectivity index is 1.49. The Bertz CT molecular complexity index is 1050. The van der Waals surface area contributed by atoms with Crippen molar-refractivity contribution in [3.8, 4) is 22.8 Å². The Kier molecular flexibility index (Phi) is 4.24. The molecule has 0 radical (unpaired) electrons. The Morgan fingerprint density at radius 2 is 1.83 bits per heavy atom. The molecule has 1 saturated heterocycles. The van der Waals surface area contributed by atoms with Gasteiger partial charge in [-0.15, -0.1) is 0 Å². The number of primary amides is 1. The van der Waals surface area contributed by atoms with Gasteiger partial charge in [0.15, 0.2) is 0 Å². The number of likely N-dealkylation sites (N-methyl/N-ethyl adjacent to an activating group) is 1. The van der Waals surface area contributed by atoms with Gasteiger partial charge in [0, 0.05) is 31.1 Å². The van der Waals surface area contributed by atoms with E-state index in [0.717, 1.165) is 42.5 Å². The molecule has 1 aromatic heterocycles. The van der Waals surface area contributed by atoms with Gasteiger partial charge >= 0.3 is 0 Å². The molecule has 0 aliphatic carbocycles. The van der Waals surface area contributed by atoms with Crippen molar-refractivity contribution in [3.05, 3.63) is 60.2 Å². The van der Waals surface area contributed by atoms with Crippen LogP contribution in [0.25, 0.3) is 11.3 Å². The van der Waals surface area contributed by atoms with Gasteiger partial charge in [-0.1, -0.05) is 18.2 Å². The van der Waals surface area contributed by atoms with E-state index in [9.17, 15) is 4.79 Å². The molecular formula is C22H23N5O2. The molecule has 7 nitrogen and oxygen atoms in total. The van der Waals surface area contributed by atoms with E-state index in [1.165, 1.54) is 0 Å². The minimum Gasteiger partial charge on any atom is -0.457 e. The lowest BCUT2D eigenvalue weighted by atomic mass is 10.0. The van der Waals surface area contributed by atoms with Crippen molar-refractivity contribution in [2.45, 2.75) is 6.04 Å². The number of nitrogens with one attached hydrogen (secondary N) is 1. The van der Waals surface area contributed by atoms with E-state index >= 15 is 0 Å². The van der Waals surface area contributed by atoms with Crippen molar-refractivity contribution in [3.63, 3.8) is 0 Å². The molecule has 3 N–H and O–H groups in total. The van der Waals surface area contributed by atoms with Gasteiger partial charge in [-0.25, -0.2) is 4.68 Å². The van der Waals surface area contributed by atoms with Crippen molar-refractivity contribution < 1.29 is 9.53 Å². The highest BCUT2D eigenvalue weighted by atomic mass is 16.5. The van der Waals surface area contributed by atoms with Crippen LogP contribution >= 0.6 is 0 Å². The molecule has 0 spiro atoms. The largest absolute Gasteiger partial charge is 0.457 e. The van der Waals surface area contributed by atoms with Gasteiger partial charge in [-0.2, -0.15) is 5.10 Å². The number of benzene rings is 2. The fourth-order valence-electron chi connectivity index (χ4n) is 4.36. The van der Waals surface area contributed by atoms with E-state index in [2.05, 4.69) is 17.3 Å². The zero-order valence-electron chi connectivity index (χ0n) is 16.2. The number of anilines is 1. The molecule has 29 heavy (non-hydrogen) atoms. The lowest BCUT2D eigenvalue weighted by Gasteiger charge is -2.27. The van der Waals surface area contributed by atoms with Crippen molar-refractivity contribution in [2.75, 3.05) is 32.0 Å². The van der Waals surface area contributed by atoms with Crippen molar-refractivity contribution in [2.24, 2.45) is 11.7 Å². The van der Waals surface area contributed by atoms with E-state index in [4.69, 9.17) is 15.6 Å². The lowest BCUT2D eigenvalue weighted by Crippen LogP contribution is -2.32. The summed E-state index contributed by atoms with van der Waals surface area (Å²) in [4.78, 5) is 14.6. The minimum absolute atomic E-state index is 0.254. The molecule has 0 bridgehead atoms. The maximum absolute atomic E-state index is 12.3. The molecule has 3 aromatic rings. The number of aromatic nitrogens is 2. The van der Waals surface area contributed by atoms with E-state index in [-0.39, 0.29) is 6.04 Å². The predicted molar refractivity (Wildman–Crippen MR) is 111 cm³/mol. The first kappa shape index (κ1) is 17.8. The predicted octanol–water partition coefficient (Wildman–Crippen LogP) is 2.97. The highest BCUT2D eigenvalue weighted by molar-refractivity contribution is 6.03. The third kappa shape index (κ3) is 3.13. The molecule has 1 amide bonds. The Hall–Kier alpha value is -3.32. The number of likely N-dealkylation sites (tertiary alicyclic amines) is 1. The number of rotatable bonds is 4. The molecule has 148 valence electrons. The van der Waals surface area contributed by atoms with Gasteiger partial charge in [0.1, 0.15) is 28.6 Å². The molecule has 2 unspecified atom stereocenters. The highest BCUT2D eigenvalue weighted by Gasteiger charge is 2.39. The third-order valence-corrected chi connectivity index (χ3v) is 5.70. The molecule has 1 fully saturated rings. The molecule has 0 saturated carbocycles. The zero-order valence-corrected chi connectivity index (χ0v) is 16.2. The second-order valence-corrected chi connectivity index (χ2v) is 7.75. The van der Waals surface area contributed by atoms with Crippen LogP contribution in [0.2, 0.25) is 0 Å². The normalized spacial score (nSPS) is 20.6. The molecule has 5 rings (SSSR count). The summed E-state index contributed by atoms with van der Waals surface area (Å²) in [7, 11) is 2.11. The zero-order chi connectivity index (χ0) is 20.0. The fraction of sp³-hybridized carbons (Fsp3) is 0.273. The lowest BCUT2D eigenvalue weighted by molar-refractivity contribution is 0.100. The summed E-state index contributed by atoms with van der Waals surface area (Å²) in [6.07, 6.45) is 0. The number of para-hydroxylation sites is 1. The van der Waals surface area contributed by atoms with E-state index < -0.39 is 5.91 Å². The van der Waals surface area contributed by atoms with Crippen LogP contribution in [0.1, 0.15) is 16.4 Å². The van der Waals surface area contributed by atoms with Crippen LogP contribution in [0.3, 0.4) is 0 Å². The summed E-state index contributed by atoms with van der Waals surface area (Å²) in [5.41, 5.74) is 7.65. The Morgan fingerprint density at radius 3 is 2.55 bits per heavy atom. The summed E-state index contributed by atoms with van der Waals surface area (Å²) in [6, 6.07) is 17.5. The number of carbonyl (C=O) groups excluding carboxylic acids is 1. The van der Waals surface area contributed by atoms with E-state index in [1.54, 1.807) is 0 Å². The van der Waals surface area contributed by atoms with Crippen LogP contribution in [-0.4, -0.2) is 47.3 Å². The summed E-state index contributed by atoms with van der Waals surface area (Å²) >= 11 is 0. The van der Waals surface area contributed by atoms with Crippen LogP contribution in [0.15, 0.2) is 54.6 Å². The van der Waals surface area contributed by atoms with Crippen LogP contribution in [0.4, 0.5) is 5.82 Å². The first-order valence-electron chi connectivity index (χ1n) is 9.78. The number of hydrogen-bond donors (Lipinski definition) is 2. The number of carbonyl (C=O) groups is 1. The second kappa shape index (κ2) is 6.93. The molecule has 2 aliphatic rings. The molecule has 2 aromatic carbocycles. The minimum atomic E-state index is -0.469. The van der Waals surface area contributed by atoms with Crippen LogP contribution < -0.4 is 15.8 Å². The second-order valence-electron chi connectivity index (χ2n) is 7.75. The summed E-state index contributed by atoms with van der Waals surface area (Å²) in [6.45, 7) is 2.76. The number of nitrogens with zero attached hydrogens (tertiary/aromatic N) is 3. The highest BCUT2D eigenvalue weighted by Crippen LogP contribution is 2.39. The van der Waals surface area contributed by atoms with Crippen LogP contribution in [0.5, 0.6) is 11.5 Å². The maximum atomic E-state index is 12.3. The van der Waals surface area contributed by atoms with Gasteiger partial charge in [0.2, 0.25) is 0 Å². The standard InChI is InChI=1S/C22H23N5O2/c1-26-12-15-11-24-22-19(21(23)28)20(25-27(22)18(15)13-26)14-7-9-17(10-8-14)29-16-5-3-2-4-6-16/h2-10,15,18,24H,11-13H2,1H3,(H2,23,28). The first-order chi connectivity index (χ1) is 14.1.